The Balaban J connectivity index is 1.64. The van der Waals surface area contributed by atoms with E-state index in [2.05, 4.69) is 20.6 Å². The summed E-state index contributed by atoms with van der Waals surface area (Å²) in [5.41, 5.74) is 0.386. The zero-order valence-electron chi connectivity index (χ0n) is 14.0. The van der Waals surface area contributed by atoms with Crippen molar-refractivity contribution in [2.75, 3.05) is 33.9 Å². The highest BCUT2D eigenvalue weighted by Crippen LogP contribution is 2.46. The van der Waals surface area contributed by atoms with Crippen molar-refractivity contribution >= 4 is 0 Å². The summed E-state index contributed by atoms with van der Waals surface area (Å²) < 4.78 is 13.2. The SMILES string of the molecule is COCCn1ccnc1CN1CCC[C@]2(CCC[C@H]2OC)C1. The molecule has 1 spiro atoms. The summed E-state index contributed by atoms with van der Waals surface area (Å²) in [6.07, 6.45) is 10.9. The first-order chi connectivity index (χ1) is 10.8. The predicted molar refractivity (Wildman–Crippen MR) is 85.7 cm³/mol. The molecule has 5 nitrogen and oxygen atoms in total. The summed E-state index contributed by atoms with van der Waals surface area (Å²) >= 11 is 0. The largest absolute Gasteiger partial charge is 0.383 e. The van der Waals surface area contributed by atoms with E-state index in [4.69, 9.17) is 9.47 Å². The van der Waals surface area contributed by atoms with E-state index in [1.54, 1.807) is 7.11 Å². The smallest absolute Gasteiger partial charge is 0.122 e. The monoisotopic (exact) mass is 307 g/mol. The van der Waals surface area contributed by atoms with Gasteiger partial charge in [0.05, 0.1) is 19.3 Å². The van der Waals surface area contributed by atoms with Crippen molar-refractivity contribution in [2.45, 2.75) is 51.3 Å². The molecule has 1 aromatic rings. The van der Waals surface area contributed by atoms with Gasteiger partial charge in [0, 0.05) is 45.1 Å². The maximum absolute atomic E-state index is 5.80. The van der Waals surface area contributed by atoms with Crippen molar-refractivity contribution < 1.29 is 9.47 Å². The van der Waals surface area contributed by atoms with Gasteiger partial charge in [0.25, 0.3) is 0 Å². The van der Waals surface area contributed by atoms with Crippen molar-refractivity contribution in [1.29, 1.82) is 0 Å². The van der Waals surface area contributed by atoms with Gasteiger partial charge in [-0.2, -0.15) is 0 Å². The third-order valence-corrected chi connectivity index (χ3v) is 5.50. The van der Waals surface area contributed by atoms with Crippen molar-refractivity contribution in [3.8, 4) is 0 Å². The standard InChI is InChI=1S/C17H29N3O2/c1-21-12-11-20-10-8-18-16(20)13-19-9-4-7-17(14-19)6-3-5-15(17)22-2/h8,10,15H,3-7,9,11-14H2,1-2H3/t15-,17-/m1/s1. The van der Waals surface area contributed by atoms with E-state index in [9.17, 15) is 0 Å². The van der Waals surface area contributed by atoms with E-state index < -0.39 is 0 Å². The lowest BCUT2D eigenvalue weighted by Gasteiger charge is -2.43. The van der Waals surface area contributed by atoms with E-state index in [0.717, 1.165) is 32.1 Å². The second kappa shape index (κ2) is 7.11. The van der Waals surface area contributed by atoms with Gasteiger partial charge in [-0.15, -0.1) is 0 Å². The second-order valence-corrected chi connectivity index (χ2v) is 6.82. The molecule has 0 radical (unpaired) electrons. The van der Waals surface area contributed by atoms with Crippen LogP contribution in [0.3, 0.4) is 0 Å². The minimum absolute atomic E-state index is 0.386. The Morgan fingerprint density at radius 3 is 3.00 bits per heavy atom. The van der Waals surface area contributed by atoms with E-state index >= 15 is 0 Å². The second-order valence-electron chi connectivity index (χ2n) is 6.82. The van der Waals surface area contributed by atoms with Crippen LogP contribution in [0.2, 0.25) is 0 Å². The first-order valence-electron chi connectivity index (χ1n) is 8.51. The third-order valence-electron chi connectivity index (χ3n) is 5.50. The fraction of sp³-hybridized carbons (Fsp3) is 0.824. The molecule has 2 aliphatic rings. The van der Waals surface area contributed by atoms with Crippen molar-refractivity contribution in [3.05, 3.63) is 18.2 Å². The van der Waals surface area contributed by atoms with E-state index in [0.29, 0.717) is 11.5 Å². The lowest BCUT2D eigenvalue weighted by Crippen LogP contribution is -2.47. The van der Waals surface area contributed by atoms with Gasteiger partial charge in [-0.25, -0.2) is 4.98 Å². The molecule has 0 amide bonds. The summed E-state index contributed by atoms with van der Waals surface area (Å²) in [5.74, 6) is 1.15. The lowest BCUT2D eigenvalue weighted by molar-refractivity contribution is -0.0373. The number of hydrogen-bond donors (Lipinski definition) is 0. The molecular weight excluding hydrogens is 278 g/mol. The average molecular weight is 307 g/mol. The quantitative estimate of drug-likeness (QED) is 0.808. The molecule has 3 rings (SSSR count). The predicted octanol–water partition coefficient (Wildman–Crippen LogP) is 2.31. The van der Waals surface area contributed by atoms with Crippen LogP contribution < -0.4 is 0 Å². The highest BCUT2D eigenvalue weighted by atomic mass is 16.5. The van der Waals surface area contributed by atoms with Crippen LogP contribution in [-0.2, 0) is 22.6 Å². The van der Waals surface area contributed by atoms with Crippen LogP contribution in [0.5, 0.6) is 0 Å². The van der Waals surface area contributed by atoms with Crippen molar-refractivity contribution in [1.82, 2.24) is 14.5 Å². The Hall–Kier alpha value is -0.910. The van der Waals surface area contributed by atoms with Gasteiger partial charge in [-0.3, -0.25) is 4.90 Å². The van der Waals surface area contributed by atoms with Crippen LogP contribution in [0.25, 0.3) is 0 Å². The molecule has 1 saturated heterocycles. The number of aromatic nitrogens is 2. The lowest BCUT2D eigenvalue weighted by atomic mass is 9.76. The van der Waals surface area contributed by atoms with E-state index in [1.807, 2.05) is 13.3 Å². The number of imidazole rings is 1. The van der Waals surface area contributed by atoms with Gasteiger partial charge < -0.3 is 14.0 Å². The molecular formula is C17H29N3O2. The van der Waals surface area contributed by atoms with Crippen molar-refractivity contribution in [2.24, 2.45) is 5.41 Å². The zero-order chi connectivity index (χ0) is 15.4. The molecule has 2 heterocycles. The molecule has 124 valence electrons. The first kappa shape index (κ1) is 16.0. The van der Waals surface area contributed by atoms with Crippen molar-refractivity contribution in [3.63, 3.8) is 0 Å². The molecule has 0 unspecified atom stereocenters. The van der Waals surface area contributed by atoms with Crippen LogP contribution in [0.15, 0.2) is 12.4 Å². The van der Waals surface area contributed by atoms with Crippen LogP contribution in [0.4, 0.5) is 0 Å². The first-order valence-corrected chi connectivity index (χ1v) is 8.51. The molecule has 22 heavy (non-hydrogen) atoms. The van der Waals surface area contributed by atoms with Gasteiger partial charge in [-0.05, 0) is 32.2 Å². The summed E-state index contributed by atoms with van der Waals surface area (Å²) in [4.78, 5) is 7.13. The molecule has 1 aromatic heterocycles. The number of methoxy groups -OCH3 is 2. The number of piperidine rings is 1. The number of rotatable bonds is 6. The zero-order valence-corrected chi connectivity index (χ0v) is 14.0. The molecule has 5 heteroatoms. The minimum atomic E-state index is 0.386. The van der Waals surface area contributed by atoms with Crippen LogP contribution in [0.1, 0.15) is 37.9 Å². The van der Waals surface area contributed by atoms with Crippen LogP contribution in [-0.4, -0.2) is 54.5 Å². The summed E-state index contributed by atoms with van der Waals surface area (Å²) in [7, 11) is 3.63. The molecule has 2 atom stereocenters. The average Bonchev–Trinajstić information content (AvgIpc) is 3.12. The Kier molecular flexibility index (Phi) is 5.16. The van der Waals surface area contributed by atoms with Gasteiger partial charge >= 0.3 is 0 Å². The minimum Gasteiger partial charge on any atom is -0.383 e. The Labute approximate surface area is 133 Å². The molecule has 1 aliphatic carbocycles. The van der Waals surface area contributed by atoms with Crippen LogP contribution >= 0.6 is 0 Å². The molecule has 0 N–H and O–H groups in total. The fourth-order valence-electron chi connectivity index (χ4n) is 4.42. The Bertz CT molecular complexity index is 476. The van der Waals surface area contributed by atoms with Crippen LogP contribution in [0, 0.1) is 5.41 Å². The maximum atomic E-state index is 5.80. The summed E-state index contributed by atoms with van der Waals surface area (Å²) in [6.45, 7) is 4.89. The highest BCUT2D eigenvalue weighted by molar-refractivity contribution is 5.00. The number of hydrogen-bond acceptors (Lipinski definition) is 4. The van der Waals surface area contributed by atoms with E-state index in [-0.39, 0.29) is 0 Å². The fourth-order valence-corrected chi connectivity index (χ4v) is 4.42. The number of likely N-dealkylation sites (tertiary alicyclic amines) is 1. The number of ether oxygens (including phenoxy) is 2. The molecule has 1 saturated carbocycles. The Morgan fingerprint density at radius 2 is 2.18 bits per heavy atom. The molecule has 1 aliphatic heterocycles. The third kappa shape index (κ3) is 3.21. The van der Waals surface area contributed by atoms with Gasteiger partial charge in [-0.1, -0.05) is 6.42 Å². The van der Waals surface area contributed by atoms with Gasteiger partial charge in [0.15, 0.2) is 0 Å². The van der Waals surface area contributed by atoms with Gasteiger partial charge in [0.1, 0.15) is 5.82 Å². The molecule has 0 aromatic carbocycles. The molecule has 2 fully saturated rings. The Morgan fingerprint density at radius 1 is 1.32 bits per heavy atom. The topological polar surface area (TPSA) is 39.5 Å². The van der Waals surface area contributed by atoms with Gasteiger partial charge in [0.2, 0.25) is 0 Å². The van der Waals surface area contributed by atoms with E-state index in [1.165, 1.54) is 38.6 Å². The number of nitrogens with zero attached hydrogens (tertiary/aromatic N) is 3. The highest BCUT2D eigenvalue weighted by Gasteiger charge is 2.45. The summed E-state index contributed by atoms with van der Waals surface area (Å²) in [5, 5.41) is 0. The normalized spacial score (nSPS) is 29.5. The maximum Gasteiger partial charge on any atom is 0.122 e. The molecule has 0 bridgehead atoms. The summed E-state index contributed by atoms with van der Waals surface area (Å²) in [6, 6.07) is 0.